The van der Waals surface area contributed by atoms with E-state index in [1.165, 1.54) is 0 Å². The van der Waals surface area contributed by atoms with Crippen LogP contribution in [0.5, 0.6) is 5.75 Å². The number of hydrogen-bond donors (Lipinski definition) is 1. The summed E-state index contributed by atoms with van der Waals surface area (Å²) in [5.74, 6) is 0.611. The topological polar surface area (TPSA) is 58.6 Å². The van der Waals surface area contributed by atoms with Gasteiger partial charge in [0, 0.05) is 18.7 Å². The molecule has 0 aliphatic carbocycles. The standard InChI is InChI=1S/C23H28N2O3/c1-3-4-8-15-25-20-16-19(12-13-21(20)28-17(2)23(25)27)24-22(26)14-11-18-9-6-5-7-10-18/h5-7,9-10,12-13,16-17H,3-4,8,11,14-15H2,1-2H3,(H,24,26). The SMILES string of the molecule is CCCCCN1C(=O)C(C)Oc2ccc(NC(=O)CCc3ccccc3)cc21. The van der Waals surface area contributed by atoms with Crippen molar-refractivity contribution in [1.82, 2.24) is 0 Å². The first-order chi connectivity index (χ1) is 13.6. The molecule has 0 radical (unpaired) electrons. The molecule has 1 N–H and O–H groups in total. The molecule has 0 saturated carbocycles. The van der Waals surface area contributed by atoms with E-state index in [1.54, 1.807) is 11.8 Å². The summed E-state index contributed by atoms with van der Waals surface area (Å²) in [6.07, 6.45) is 3.73. The molecule has 0 spiro atoms. The molecule has 28 heavy (non-hydrogen) atoms. The lowest BCUT2D eigenvalue weighted by Gasteiger charge is -2.33. The summed E-state index contributed by atoms with van der Waals surface area (Å²) >= 11 is 0. The Morgan fingerprint density at radius 3 is 2.68 bits per heavy atom. The third-order valence-electron chi connectivity index (χ3n) is 4.92. The summed E-state index contributed by atoms with van der Waals surface area (Å²) in [6.45, 7) is 4.58. The van der Waals surface area contributed by atoms with E-state index in [1.807, 2.05) is 48.5 Å². The Bertz CT molecular complexity index is 820. The number of anilines is 2. The van der Waals surface area contributed by atoms with Crippen molar-refractivity contribution in [1.29, 1.82) is 0 Å². The van der Waals surface area contributed by atoms with Crippen LogP contribution in [0.3, 0.4) is 0 Å². The Labute approximate surface area is 166 Å². The number of hydrogen-bond acceptors (Lipinski definition) is 3. The van der Waals surface area contributed by atoms with Crippen molar-refractivity contribution in [2.24, 2.45) is 0 Å². The fraction of sp³-hybridized carbons (Fsp3) is 0.391. The van der Waals surface area contributed by atoms with Crippen LogP contribution in [-0.2, 0) is 16.0 Å². The van der Waals surface area contributed by atoms with E-state index in [0.29, 0.717) is 30.8 Å². The van der Waals surface area contributed by atoms with Gasteiger partial charge in [-0.05, 0) is 43.5 Å². The van der Waals surface area contributed by atoms with Gasteiger partial charge in [-0.3, -0.25) is 9.59 Å². The quantitative estimate of drug-likeness (QED) is 0.683. The van der Waals surface area contributed by atoms with Gasteiger partial charge in [0.15, 0.2) is 6.10 Å². The molecule has 1 unspecified atom stereocenters. The van der Waals surface area contributed by atoms with Crippen molar-refractivity contribution in [3.05, 3.63) is 54.1 Å². The van der Waals surface area contributed by atoms with Crippen molar-refractivity contribution in [2.45, 2.75) is 52.1 Å². The molecule has 1 aliphatic heterocycles. The largest absolute Gasteiger partial charge is 0.479 e. The van der Waals surface area contributed by atoms with E-state index >= 15 is 0 Å². The number of carbonyl (C=O) groups excluding carboxylic acids is 2. The third kappa shape index (κ3) is 4.91. The van der Waals surface area contributed by atoms with Gasteiger partial charge in [-0.2, -0.15) is 0 Å². The molecular formula is C23H28N2O3. The van der Waals surface area contributed by atoms with Gasteiger partial charge < -0.3 is 15.0 Å². The van der Waals surface area contributed by atoms with E-state index < -0.39 is 6.10 Å². The molecule has 2 aromatic rings. The van der Waals surface area contributed by atoms with Crippen LogP contribution < -0.4 is 15.0 Å². The van der Waals surface area contributed by atoms with Gasteiger partial charge in [0.2, 0.25) is 5.91 Å². The zero-order valence-corrected chi connectivity index (χ0v) is 16.6. The zero-order chi connectivity index (χ0) is 19.9. The first-order valence-electron chi connectivity index (χ1n) is 10.0. The molecule has 0 saturated heterocycles. The Morgan fingerprint density at radius 1 is 1.14 bits per heavy atom. The van der Waals surface area contributed by atoms with Crippen LogP contribution in [0.15, 0.2) is 48.5 Å². The van der Waals surface area contributed by atoms with Crippen molar-refractivity contribution >= 4 is 23.2 Å². The maximum Gasteiger partial charge on any atom is 0.267 e. The van der Waals surface area contributed by atoms with E-state index in [0.717, 1.165) is 30.5 Å². The Balaban J connectivity index is 1.68. The summed E-state index contributed by atoms with van der Waals surface area (Å²) in [5.41, 5.74) is 2.56. The fourth-order valence-electron chi connectivity index (χ4n) is 3.36. The minimum atomic E-state index is -0.486. The highest BCUT2D eigenvalue weighted by Gasteiger charge is 2.31. The van der Waals surface area contributed by atoms with Gasteiger partial charge in [-0.1, -0.05) is 50.1 Å². The summed E-state index contributed by atoms with van der Waals surface area (Å²) < 4.78 is 5.74. The predicted molar refractivity (Wildman–Crippen MR) is 112 cm³/mol. The minimum absolute atomic E-state index is 0.0313. The first kappa shape index (κ1) is 19.9. The van der Waals surface area contributed by atoms with Gasteiger partial charge in [0.05, 0.1) is 5.69 Å². The van der Waals surface area contributed by atoms with E-state index in [2.05, 4.69) is 12.2 Å². The van der Waals surface area contributed by atoms with Crippen molar-refractivity contribution in [3.8, 4) is 5.75 Å². The lowest BCUT2D eigenvalue weighted by molar-refractivity contribution is -0.125. The van der Waals surface area contributed by atoms with Crippen molar-refractivity contribution < 1.29 is 14.3 Å². The van der Waals surface area contributed by atoms with E-state index in [-0.39, 0.29) is 11.8 Å². The van der Waals surface area contributed by atoms with Gasteiger partial charge in [-0.25, -0.2) is 0 Å². The van der Waals surface area contributed by atoms with Crippen LogP contribution in [-0.4, -0.2) is 24.5 Å². The minimum Gasteiger partial charge on any atom is -0.479 e. The molecule has 5 nitrogen and oxygen atoms in total. The van der Waals surface area contributed by atoms with E-state index in [4.69, 9.17) is 4.74 Å². The third-order valence-corrected chi connectivity index (χ3v) is 4.92. The molecule has 3 rings (SSSR count). The monoisotopic (exact) mass is 380 g/mol. The van der Waals surface area contributed by atoms with Gasteiger partial charge in [-0.15, -0.1) is 0 Å². The number of nitrogens with zero attached hydrogens (tertiary/aromatic N) is 1. The molecule has 0 bridgehead atoms. The second-order valence-electron chi connectivity index (χ2n) is 7.17. The summed E-state index contributed by atoms with van der Waals surface area (Å²) in [7, 11) is 0. The Morgan fingerprint density at radius 2 is 1.93 bits per heavy atom. The number of rotatable bonds is 8. The second kappa shape index (κ2) is 9.40. The lowest BCUT2D eigenvalue weighted by atomic mass is 10.1. The van der Waals surface area contributed by atoms with Crippen LogP contribution in [0, 0.1) is 0 Å². The number of nitrogens with one attached hydrogen (secondary N) is 1. The number of ether oxygens (including phenoxy) is 1. The highest BCUT2D eigenvalue weighted by molar-refractivity contribution is 6.01. The van der Waals surface area contributed by atoms with Crippen LogP contribution in [0.4, 0.5) is 11.4 Å². The molecule has 2 aromatic carbocycles. The summed E-state index contributed by atoms with van der Waals surface area (Å²) in [4.78, 5) is 26.7. The van der Waals surface area contributed by atoms with Gasteiger partial charge in [0.1, 0.15) is 5.75 Å². The van der Waals surface area contributed by atoms with E-state index in [9.17, 15) is 9.59 Å². The van der Waals surface area contributed by atoms with Gasteiger partial charge >= 0.3 is 0 Å². The number of benzene rings is 2. The second-order valence-corrected chi connectivity index (χ2v) is 7.17. The first-order valence-corrected chi connectivity index (χ1v) is 10.0. The average molecular weight is 380 g/mol. The number of fused-ring (bicyclic) bond motifs is 1. The number of unbranched alkanes of at least 4 members (excludes halogenated alkanes) is 2. The summed E-state index contributed by atoms with van der Waals surface area (Å²) in [6, 6.07) is 15.4. The fourth-order valence-corrected chi connectivity index (χ4v) is 3.36. The molecule has 2 amide bonds. The lowest BCUT2D eigenvalue weighted by Crippen LogP contribution is -2.44. The maximum atomic E-state index is 12.6. The molecule has 5 heteroatoms. The van der Waals surface area contributed by atoms with Crippen LogP contribution in [0.25, 0.3) is 0 Å². The smallest absolute Gasteiger partial charge is 0.267 e. The Hall–Kier alpha value is -2.82. The highest BCUT2D eigenvalue weighted by atomic mass is 16.5. The van der Waals surface area contributed by atoms with Crippen LogP contribution >= 0.6 is 0 Å². The number of aryl methyl sites for hydroxylation is 1. The molecule has 1 heterocycles. The molecule has 1 aliphatic rings. The molecule has 1 atom stereocenters. The van der Waals surface area contributed by atoms with Crippen molar-refractivity contribution in [3.63, 3.8) is 0 Å². The maximum absolute atomic E-state index is 12.6. The number of amides is 2. The highest BCUT2D eigenvalue weighted by Crippen LogP contribution is 2.36. The van der Waals surface area contributed by atoms with Crippen LogP contribution in [0.1, 0.15) is 45.1 Å². The van der Waals surface area contributed by atoms with Gasteiger partial charge in [0.25, 0.3) is 5.91 Å². The van der Waals surface area contributed by atoms with Crippen LogP contribution in [0.2, 0.25) is 0 Å². The predicted octanol–water partition coefficient (Wildman–Crippen LogP) is 4.56. The molecule has 0 fully saturated rings. The Kier molecular flexibility index (Phi) is 6.69. The zero-order valence-electron chi connectivity index (χ0n) is 16.6. The molecule has 0 aromatic heterocycles. The molecular weight excluding hydrogens is 352 g/mol. The van der Waals surface area contributed by atoms with Crippen molar-refractivity contribution in [2.75, 3.05) is 16.8 Å². The summed E-state index contributed by atoms with van der Waals surface area (Å²) in [5, 5.41) is 2.94. The molecule has 148 valence electrons. The average Bonchev–Trinajstić information content (AvgIpc) is 2.70. The normalized spacial score (nSPS) is 15.7. The number of carbonyl (C=O) groups is 2.